The molecule has 12 heteroatoms. The summed E-state index contributed by atoms with van der Waals surface area (Å²) in [5.41, 5.74) is 0.648. The topological polar surface area (TPSA) is 49.9 Å². The Bertz CT molecular complexity index is 1260. The van der Waals surface area contributed by atoms with Crippen molar-refractivity contribution in [2.75, 3.05) is 32.7 Å². The Labute approximate surface area is 221 Å². The van der Waals surface area contributed by atoms with Gasteiger partial charge in [-0.1, -0.05) is 53.0 Å². The Kier molecular flexibility index (Phi) is 8.71. The van der Waals surface area contributed by atoms with Crippen LogP contribution >= 0.6 is 46.1 Å². The highest BCUT2D eigenvalue weighted by Crippen LogP contribution is 2.36. The average molecular weight is 582 g/mol. The van der Waals surface area contributed by atoms with Crippen LogP contribution in [0.5, 0.6) is 0 Å². The van der Waals surface area contributed by atoms with Gasteiger partial charge in [-0.05, 0) is 35.9 Å². The van der Waals surface area contributed by atoms with E-state index in [0.717, 1.165) is 16.9 Å². The van der Waals surface area contributed by atoms with Crippen molar-refractivity contribution in [1.29, 1.82) is 0 Å². The number of hydrogen-bond acceptors (Lipinski definition) is 5. The molecule has 35 heavy (non-hydrogen) atoms. The minimum Gasteiger partial charge on any atom is -0.367 e. The number of rotatable bonds is 8. The summed E-state index contributed by atoms with van der Waals surface area (Å²) in [5.74, 6) is -1.35. The molecule has 4 rings (SSSR count). The van der Waals surface area contributed by atoms with Crippen molar-refractivity contribution >= 4 is 56.2 Å². The molecule has 0 radical (unpaired) electrons. The fraction of sp³-hybridized carbons (Fsp3) is 0.304. The van der Waals surface area contributed by atoms with Gasteiger partial charge in [-0.2, -0.15) is 4.31 Å². The quantitative estimate of drug-likeness (QED) is 0.316. The van der Waals surface area contributed by atoms with Crippen molar-refractivity contribution in [3.8, 4) is 0 Å². The van der Waals surface area contributed by atoms with Crippen molar-refractivity contribution in [2.24, 2.45) is 0 Å². The third kappa shape index (κ3) is 6.34. The number of ether oxygens (including phenoxy) is 1. The molecule has 0 aliphatic carbocycles. The fourth-order valence-electron chi connectivity index (χ4n) is 3.81. The number of benzene rings is 2. The van der Waals surface area contributed by atoms with Gasteiger partial charge in [0.1, 0.15) is 20.9 Å². The first kappa shape index (κ1) is 26.8. The zero-order valence-electron chi connectivity index (χ0n) is 18.3. The van der Waals surface area contributed by atoms with Gasteiger partial charge in [-0.15, -0.1) is 11.3 Å². The van der Waals surface area contributed by atoms with Gasteiger partial charge in [0.05, 0.1) is 17.0 Å². The molecule has 0 spiro atoms. The molecule has 188 valence electrons. The van der Waals surface area contributed by atoms with E-state index in [1.54, 1.807) is 24.3 Å². The maximum absolute atomic E-state index is 14.1. The summed E-state index contributed by atoms with van der Waals surface area (Å²) < 4.78 is 62.0. The second-order valence-electron chi connectivity index (χ2n) is 7.94. The lowest BCUT2D eigenvalue weighted by Crippen LogP contribution is -2.49. The van der Waals surface area contributed by atoms with Crippen LogP contribution in [0, 0.1) is 11.6 Å². The first-order valence-corrected chi connectivity index (χ1v) is 14.0. The molecule has 2 aromatic carbocycles. The molecule has 0 saturated carbocycles. The molecule has 1 aromatic heterocycles. The standard InChI is InChI=1S/C23H21Cl3F2N2O3S2/c24-16-6-4-15(5-7-16)20(33-14-17-18(27)2-1-3-19(17)28)13-29-8-10-30(11-9-29)35(31,32)21-12-22(25)34-23(21)26/h1-7,12,20H,8-11,13-14H2. The van der Waals surface area contributed by atoms with E-state index in [0.29, 0.717) is 29.0 Å². The molecular weight excluding hydrogens is 561 g/mol. The van der Waals surface area contributed by atoms with Gasteiger partial charge in [0.2, 0.25) is 10.0 Å². The maximum Gasteiger partial charge on any atom is 0.245 e. The molecule has 0 bridgehead atoms. The number of piperazine rings is 1. The predicted molar refractivity (Wildman–Crippen MR) is 135 cm³/mol. The molecule has 0 amide bonds. The Balaban J connectivity index is 1.45. The molecule has 2 heterocycles. The Hall–Kier alpha value is -1.30. The molecule has 1 unspecified atom stereocenters. The highest BCUT2D eigenvalue weighted by atomic mass is 35.5. The van der Waals surface area contributed by atoms with Crippen LogP contribution in [-0.2, 0) is 21.4 Å². The van der Waals surface area contributed by atoms with Gasteiger partial charge in [0.15, 0.2) is 0 Å². The van der Waals surface area contributed by atoms with E-state index >= 15 is 0 Å². The van der Waals surface area contributed by atoms with Crippen LogP contribution < -0.4 is 0 Å². The van der Waals surface area contributed by atoms with E-state index in [2.05, 4.69) is 0 Å². The van der Waals surface area contributed by atoms with Crippen molar-refractivity contribution < 1.29 is 21.9 Å². The van der Waals surface area contributed by atoms with Gasteiger partial charge in [0.25, 0.3) is 0 Å². The third-order valence-corrected chi connectivity index (χ3v) is 9.63. The second-order valence-corrected chi connectivity index (χ2v) is 12.6. The summed E-state index contributed by atoms with van der Waals surface area (Å²) in [6.07, 6.45) is -0.514. The Morgan fingerprint density at radius 3 is 2.17 bits per heavy atom. The summed E-state index contributed by atoms with van der Waals surface area (Å²) in [4.78, 5) is 2.06. The number of hydrogen-bond donors (Lipinski definition) is 0. The SMILES string of the molecule is O=S(=O)(c1cc(Cl)sc1Cl)N1CCN(CC(OCc2c(F)cccc2F)c2ccc(Cl)cc2)CC1. The van der Waals surface area contributed by atoms with Crippen LogP contribution in [-0.4, -0.2) is 50.3 Å². The van der Waals surface area contributed by atoms with E-state index in [1.165, 1.54) is 28.6 Å². The first-order valence-electron chi connectivity index (χ1n) is 10.6. The van der Waals surface area contributed by atoms with Crippen molar-refractivity contribution in [1.82, 2.24) is 9.21 Å². The third-order valence-electron chi connectivity index (χ3n) is 5.73. The van der Waals surface area contributed by atoms with E-state index < -0.39 is 27.8 Å². The van der Waals surface area contributed by atoms with Crippen molar-refractivity contribution in [3.05, 3.63) is 85.0 Å². The molecule has 1 aliphatic rings. The predicted octanol–water partition coefficient (Wildman–Crippen LogP) is 6.25. The highest BCUT2D eigenvalue weighted by molar-refractivity contribution is 7.89. The highest BCUT2D eigenvalue weighted by Gasteiger charge is 2.32. The molecule has 1 fully saturated rings. The largest absolute Gasteiger partial charge is 0.367 e. The van der Waals surface area contributed by atoms with Crippen LogP contribution in [0.4, 0.5) is 8.78 Å². The monoisotopic (exact) mass is 580 g/mol. The first-order chi connectivity index (χ1) is 16.6. The number of sulfonamides is 1. The van der Waals surface area contributed by atoms with Crippen molar-refractivity contribution in [2.45, 2.75) is 17.6 Å². The Morgan fingerprint density at radius 1 is 0.971 bits per heavy atom. The number of nitrogens with zero attached hydrogens (tertiary/aromatic N) is 2. The summed E-state index contributed by atoms with van der Waals surface area (Å²) >= 11 is 19.0. The lowest BCUT2D eigenvalue weighted by Gasteiger charge is -2.35. The second kappa shape index (κ2) is 11.4. The number of thiophene rings is 1. The smallest absolute Gasteiger partial charge is 0.245 e. The Morgan fingerprint density at radius 2 is 1.60 bits per heavy atom. The summed E-state index contributed by atoms with van der Waals surface area (Å²) in [7, 11) is -3.77. The molecule has 3 aromatic rings. The molecular formula is C23H21Cl3F2N2O3S2. The minimum absolute atomic E-state index is 0.0110. The molecule has 1 aliphatic heterocycles. The van der Waals surface area contributed by atoms with Crippen LogP contribution in [0.25, 0.3) is 0 Å². The summed E-state index contributed by atoms with van der Waals surface area (Å²) in [6, 6.07) is 12.1. The molecule has 5 nitrogen and oxygen atoms in total. The van der Waals surface area contributed by atoms with E-state index in [4.69, 9.17) is 39.5 Å². The van der Waals surface area contributed by atoms with E-state index in [-0.39, 0.29) is 34.5 Å². The lowest BCUT2D eigenvalue weighted by molar-refractivity contribution is 0.00547. The lowest BCUT2D eigenvalue weighted by atomic mass is 10.1. The van der Waals surface area contributed by atoms with Crippen LogP contribution in [0.1, 0.15) is 17.2 Å². The normalized spacial score (nSPS) is 16.5. The fourth-order valence-corrected chi connectivity index (χ4v) is 7.47. The molecule has 1 saturated heterocycles. The zero-order valence-corrected chi connectivity index (χ0v) is 22.2. The van der Waals surface area contributed by atoms with E-state index in [9.17, 15) is 17.2 Å². The van der Waals surface area contributed by atoms with Gasteiger partial charge < -0.3 is 4.74 Å². The van der Waals surface area contributed by atoms with Crippen LogP contribution in [0.15, 0.2) is 53.4 Å². The maximum atomic E-state index is 14.1. The van der Waals surface area contributed by atoms with E-state index in [1.807, 2.05) is 4.90 Å². The van der Waals surface area contributed by atoms with Gasteiger partial charge in [-0.25, -0.2) is 17.2 Å². The van der Waals surface area contributed by atoms with Gasteiger partial charge in [-0.3, -0.25) is 4.90 Å². The number of halogens is 5. The van der Waals surface area contributed by atoms with Crippen LogP contribution in [0.2, 0.25) is 13.7 Å². The van der Waals surface area contributed by atoms with Gasteiger partial charge >= 0.3 is 0 Å². The minimum atomic E-state index is -3.77. The van der Waals surface area contributed by atoms with Crippen LogP contribution in [0.3, 0.4) is 0 Å². The van der Waals surface area contributed by atoms with Gasteiger partial charge in [0, 0.05) is 43.3 Å². The summed E-state index contributed by atoms with van der Waals surface area (Å²) in [6.45, 7) is 1.53. The molecule has 1 atom stereocenters. The average Bonchev–Trinajstić information content (AvgIpc) is 3.17. The van der Waals surface area contributed by atoms with Crippen molar-refractivity contribution in [3.63, 3.8) is 0 Å². The summed E-state index contributed by atoms with van der Waals surface area (Å²) in [5, 5.41) is 0.554. The molecule has 0 N–H and O–H groups in total. The zero-order chi connectivity index (χ0) is 25.2.